The van der Waals surface area contributed by atoms with Gasteiger partial charge in [-0.25, -0.2) is 18.9 Å². The van der Waals surface area contributed by atoms with Gasteiger partial charge in [0.15, 0.2) is 5.82 Å². The first-order chi connectivity index (χ1) is 15.5. The van der Waals surface area contributed by atoms with Crippen molar-refractivity contribution in [3.05, 3.63) is 36.0 Å². The predicted molar refractivity (Wildman–Crippen MR) is 119 cm³/mol. The summed E-state index contributed by atoms with van der Waals surface area (Å²) in [4.78, 5) is 22.9. The van der Waals surface area contributed by atoms with E-state index in [2.05, 4.69) is 19.9 Å². The van der Waals surface area contributed by atoms with Crippen LogP contribution in [0.15, 0.2) is 24.5 Å². The van der Waals surface area contributed by atoms with E-state index < -0.39 is 0 Å². The molecule has 2 saturated heterocycles. The van der Waals surface area contributed by atoms with Crippen LogP contribution < -0.4 is 4.90 Å². The first-order valence-corrected chi connectivity index (χ1v) is 11.6. The Balaban J connectivity index is 1.20. The van der Waals surface area contributed by atoms with Gasteiger partial charge in [-0.3, -0.25) is 4.90 Å². The van der Waals surface area contributed by atoms with Gasteiger partial charge < -0.3 is 14.5 Å². The highest BCUT2D eigenvalue weighted by atomic mass is 19.1. The zero-order valence-electron chi connectivity index (χ0n) is 18.8. The van der Waals surface area contributed by atoms with Gasteiger partial charge in [0.25, 0.3) is 0 Å². The molecular weight excluding hydrogens is 411 g/mol. The standard InChI is InChI=1S/C23H31FN6O2/c1-3-32-22(31)29-15-23(16-29)6-4-19(13-23)27-8-10-28(11-9-27)20-12-18(24)14-25-21(20)30-7-5-17(2)26-30/h5,7,12,14,19H,3-4,6,8-11,13,15-16H2,1-2H3/t19-/m1/s1. The van der Waals surface area contributed by atoms with Crippen LogP contribution in [0.25, 0.3) is 5.82 Å². The summed E-state index contributed by atoms with van der Waals surface area (Å²) in [6.07, 6.45) is 6.43. The van der Waals surface area contributed by atoms with Crippen LogP contribution in [0.4, 0.5) is 14.9 Å². The molecule has 2 aromatic heterocycles. The molecule has 5 rings (SSSR count). The van der Waals surface area contributed by atoms with Crippen LogP contribution in [0.5, 0.6) is 0 Å². The van der Waals surface area contributed by atoms with Crippen molar-refractivity contribution >= 4 is 11.8 Å². The lowest BCUT2D eigenvalue weighted by atomic mass is 9.78. The van der Waals surface area contributed by atoms with Crippen molar-refractivity contribution in [2.24, 2.45) is 5.41 Å². The number of carbonyl (C=O) groups excluding carboxylic acids is 1. The van der Waals surface area contributed by atoms with Gasteiger partial charge in [0.05, 0.1) is 24.2 Å². The highest BCUT2D eigenvalue weighted by Gasteiger charge is 2.51. The number of rotatable bonds is 4. The Hall–Kier alpha value is -2.68. The van der Waals surface area contributed by atoms with E-state index in [-0.39, 0.29) is 17.3 Å². The molecular formula is C23H31FN6O2. The van der Waals surface area contributed by atoms with Crippen molar-refractivity contribution in [1.29, 1.82) is 0 Å². The van der Waals surface area contributed by atoms with Crippen LogP contribution >= 0.6 is 0 Å². The molecule has 4 heterocycles. The summed E-state index contributed by atoms with van der Waals surface area (Å²) >= 11 is 0. The van der Waals surface area contributed by atoms with Gasteiger partial charge in [-0.1, -0.05) is 0 Å². The first-order valence-electron chi connectivity index (χ1n) is 11.6. The zero-order valence-corrected chi connectivity index (χ0v) is 18.8. The zero-order chi connectivity index (χ0) is 22.3. The van der Waals surface area contributed by atoms with Gasteiger partial charge in [0, 0.05) is 63.0 Å². The number of piperazine rings is 1. The number of anilines is 1. The summed E-state index contributed by atoms with van der Waals surface area (Å²) in [7, 11) is 0. The quantitative estimate of drug-likeness (QED) is 0.726. The monoisotopic (exact) mass is 442 g/mol. The number of nitrogens with zero attached hydrogens (tertiary/aromatic N) is 6. The highest BCUT2D eigenvalue weighted by Crippen LogP contribution is 2.47. The molecule has 1 atom stereocenters. The Kier molecular flexibility index (Phi) is 5.53. The lowest BCUT2D eigenvalue weighted by Gasteiger charge is -2.48. The third-order valence-corrected chi connectivity index (χ3v) is 7.18. The molecule has 3 aliphatic rings. The number of amides is 1. The molecule has 0 radical (unpaired) electrons. The molecule has 2 aromatic rings. The summed E-state index contributed by atoms with van der Waals surface area (Å²) in [5.74, 6) is 0.338. The van der Waals surface area contributed by atoms with E-state index in [1.54, 1.807) is 10.7 Å². The largest absolute Gasteiger partial charge is 0.450 e. The third-order valence-electron chi connectivity index (χ3n) is 7.18. The maximum Gasteiger partial charge on any atom is 0.409 e. The van der Waals surface area contributed by atoms with Crippen molar-refractivity contribution in [3.63, 3.8) is 0 Å². The number of likely N-dealkylation sites (tertiary alicyclic amines) is 1. The number of aryl methyl sites for hydroxylation is 1. The first kappa shape index (κ1) is 21.2. The molecule has 2 aliphatic heterocycles. The molecule has 1 saturated carbocycles. The molecule has 9 heteroatoms. The Morgan fingerprint density at radius 1 is 1.28 bits per heavy atom. The topological polar surface area (TPSA) is 66.7 Å². The van der Waals surface area contributed by atoms with Gasteiger partial charge >= 0.3 is 6.09 Å². The van der Waals surface area contributed by atoms with Crippen molar-refractivity contribution in [1.82, 2.24) is 24.6 Å². The van der Waals surface area contributed by atoms with Crippen molar-refractivity contribution < 1.29 is 13.9 Å². The molecule has 1 amide bonds. The van der Waals surface area contributed by atoms with Crippen LogP contribution in [0.1, 0.15) is 31.9 Å². The number of aromatic nitrogens is 3. The SMILES string of the molecule is CCOC(=O)N1CC2(CC[C@@H](N3CCN(c4cc(F)cnc4-n4ccc(C)n4)CC3)C2)C1. The fraction of sp³-hybridized carbons (Fsp3) is 0.609. The third kappa shape index (κ3) is 3.94. The fourth-order valence-corrected chi connectivity index (χ4v) is 5.57. The molecule has 0 bridgehead atoms. The molecule has 1 spiro atoms. The normalized spacial score (nSPS) is 22.9. The number of pyridine rings is 1. The van der Waals surface area contributed by atoms with Gasteiger partial charge in [0.1, 0.15) is 5.82 Å². The van der Waals surface area contributed by atoms with E-state index in [1.165, 1.54) is 19.0 Å². The number of ether oxygens (including phenoxy) is 1. The van der Waals surface area contributed by atoms with Crippen LogP contribution in [0.2, 0.25) is 0 Å². The van der Waals surface area contributed by atoms with Crippen LogP contribution in [-0.2, 0) is 4.74 Å². The maximum absolute atomic E-state index is 14.0. The molecule has 0 aromatic carbocycles. The van der Waals surface area contributed by atoms with E-state index in [1.807, 2.05) is 31.0 Å². The number of hydrogen-bond acceptors (Lipinski definition) is 6. The van der Waals surface area contributed by atoms with Gasteiger partial charge in [-0.2, -0.15) is 5.10 Å². The van der Waals surface area contributed by atoms with E-state index in [0.29, 0.717) is 18.5 Å². The van der Waals surface area contributed by atoms with Crippen LogP contribution in [-0.4, -0.2) is 82.6 Å². The number of hydrogen-bond donors (Lipinski definition) is 0. The lowest BCUT2D eigenvalue weighted by Crippen LogP contribution is -2.58. The molecule has 3 fully saturated rings. The number of carbonyl (C=O) groups is 1. The summed E-state index contributed by atoms with van der Waals surface area (Å²) in [5.41, 5.74) is 1.96. The Morgan fingerprint density at radius 2 is 2.06 bits per heavy atom. The Labute approximate surface area is 187 Å². The minimum atomic E-state index is -0.330. The van der Waals surface area contributed by atoms with E-state index in [4.69, 9.17) is 4.74 Å². The highest BCUT2D eigenvalue weighted by molar-refractivity contribution is 5.69. The Morgan fingerprint density at radius 3 is 2.75 bits per heavy atom. The second-order valence-electron chi connectivity index (χ2n) is 9.37. The number of halogens is 1. The minimum Gasteiger partial charge on any atom is -0.450 e. The van der Waals surface area contributed by atoms with Crippen molar-refractivity contribution in [3.8, 4) is 5.82 Å². The molecule has 8 nitrogen and oxygen atoms in total. The van der Waals surface area contributed by atoms with E-state index in [9.17, 15) is 9.18 Å². The fourth-order valence-electron chi connectivity index (χ4n) is 5.57. The summed E-state index contributed by atoms with van der Waals surface area (Å²) < 4.78 is 20.9. The maximum atomic E-state index is 14.0. The van der Waals surface area contributed by atoms with E-state index in [0.717, 1.165) is 57.1 Å². The Bertz CT molecular complexity index is 981. The molecule has 32 heavy (non-hydrogen) atoms. The van der Waals surface area contributed by atoms with E-state index >= 15 is 0 Å². The molecule has 172 valence electrons. The minimum absolute atomic E-state index is 0.179. The van der Waals surface area contributed by atoms with Crippen molar-refractivity contribution in [2.45, 2.75) is 39.2 Å². The summed E-state index contributed by atoms with van der Waals surface area (Å²) in [6.45, 7) is 9.39. The van der Waals surface area contributed by atoms with Gasteiger partial charge in [-0.15, -0.1) is 0 Å². The summed E-state index contributed by atoms with van der Waals surface area (Å²) in [6, 6.07) is 4.05. The second-order valence-corrected chi connectivity index (χ2v) is 9.37. The van der Waals surface area contributed by atoms with Crippen LogP contribution in [0, 0.1) is 18.2 Å². The molecule has 0 unspecified atom stereocenters. The molecule has 0 N–H and O–H groups in total. The average molecular weight is 443 g/mol. The molecule has 1 aliphatic carbocycles. The van der Waals surface area contributed by atoms with Gasteiger partial charge in [-0.05, 0) is 39.2 Å². The lowest BCUT2D eigenvalue weighted by molar-refractivity contribution is -0.00294. The summed E-state index contributed by atoms with van der Waals surface area (Å²) in [5, 5.41) is 4.46. The second kappa shape index (κ2) is 8.35. The van der Waals surface area contributed by atoms with Crippen molar-refractivity contribution in [2.75, 3.05) is 50.8 Å². The average Bonchev–Trinajstić information content (AvgIpc) is 3.40. The van der Waals surface area contributed by atoms with Gasteiger partial charge in [0.2, 0.25) is 0 Å². The predicted octanol–water partition coefficient (Wildman–Crippen LogP) is 2.85. The smallest absolute Gasteiger partial charge is 0.409 e. The van der Waals surface area contributed by atoms with Crippen LogP contribution in [0.3, 0.4) is 0 Å².